The lowest BCUT2D eigenvalue weighted by molar-refractivity contribution is -0.0195. The fourth-order valence-corrected chi connectivity index (χ4v) is 3.47. The van der Waals surface area contributed by atoms with Crippen molar-refractivity contribution >= 4 is 6.09 Å². The van der Waals surface area contributed by atoms with E-state index in [0.717, 1.165) is 45.3 Å². The number of carbonyl (C=O) groups is 1. The molecule has 0 aromatic heterocycles. The summed E-state index contributed by atoms with van der Waals surface area (Å²) in [4.78, 5) is 14.2. The van der Waals surface area contributed by atoms with Crippen molar-refractivity contribution in [1.29, 1.82) is 0 Å². The van der Waals surface area contributed by atoms with Gasteiger partial charge in [-0.25, -0.2) is 4.79 Å². The standard InChI is InChI=1S/C16H29NO4/c1-15(2,3)21-14(19)17-8-4-7-16(17,12-18)11-13-5-9-20-10-6-13/h13,18H,4-12H2,1-3H3. The van der Waals surface area contributed by atoms with Gasteiger partial charge in [-0.05, 0) is 58.8 Å². The second-order valence-corrected chi connectivity index (χ2v) is 7.38. The summed E-state index contributed by atoms with van der Waals surface area (Å²) in [5.41, 5.74) is -0.941. The lowest BCUT2D eigenvalue weighted by Crippen LogP contribution is -2.52. The Balaban J connectivity index is 2.06. The van der Waals surface area contributed by atoms with Gasteiger partial charge in [-0.15, -0.1) is 0 Å². The molecule has 1 amide bonds. The van der Waals surface area contributed by atoms with Crippen LogP contribution in [0.5, 0.6) is 0 Å². The average molecular weight is 299 g/mol. The van der Waals surface area contributed by atoms with Gasteiger partial charge in [0.15, 0.2) is 0 Å². The fourth-order valence-electron chi connectivity index (χ4n) is 3.47. The van der Waals surface area contributed by atoms with Crippen LogP contribution in [0.2, 0.25) is 0 Å². The van der Waals surface area contributed by atoms with Crippen LogP contribution in [0, 0.1) is 5.92 Å². The Hall–Kier alpha value is -0.810. The lowest BCUT2D eigenvalue weighted by atomic mass is 9.82. The first-order valence-electron chi connectivity index (χ1n) is 8.05. The Bertz CT molecular complexity index is 360. The molecule has 0 radical (unpaired) electrons. The van der Waals surface area contributed by atoms with Crippen molar-refractivity contribution in [3.8, 4) is 0 Å². The van der Waals surface area contributed by atoms with Gasteiger partial charge >= 0.3 is 6.09 Å². The molecule has 0 saturated carbocycles. The third-order valence-electron chi connectivity index (χ3n) is 4.51. The predicted molar refractivity (Wildman–Crippen MR) is 80.2 cm³/mol. The first-order valence-corrected chi connectivity index (χ1v) is 8.05. The maximum Gasteiger partial charge on any atom is 0.410 e. The van der Waals surface area contributed by atoms with Gasteiger partial charge in [0.25, 0.3) is 0 Å². The van der Waals surface area contributed by atoms with Gasteiger partial charge in [0, 0.05) is 19.8 Å². The molecular weight excluding hydrogens is 270 g/mol. The number of hydrogen-bond acceptors (Lipinski definition) is 4. The molecule has 1 atom stereocenters. The van der Waals surface area contributed by atoms with E-state index in [0.29, 0.717) is 12.5 Å². The van der Waals surface area contributed by atoms with Crippen LogP contribution in [-0.2, 0) is 9.47 Å². The highest BCUT2D eigenvalue weighted by Crippen LogP contribution is 2.38. The third-order valence-corrected chi connectivity index (χ3v) is 4.51. The minimum Gasteiger partial charge on any atom is -0.444 e. The van der Waals surface area contributed by atoms with E-state index in [-0.39, 0.29) is 12.7 Å². The molecule has 0 aromatic rings. The number of rotatable bonds is 3. The summed E-state index contributed by atoms with van der Waals surface area (Å²) in [6.45, 7) is 7.90. The molecule has 2 aliphatic heterocycles. The normalized spacial score (nSPS) is 27.9. The van der Waals surface area contributed by atoms with Gasteiger partial charge < -0.3 is 19.5 Å². The van der Waals surface area contributed by atoms with E-state index in [1.54, 1.807) is 4.90 Å². The van der Waals surface area contributed by atoms with Gasteiger partial charge in [0.1, 0.15) is 5.60 Å². The number of carbonyl (C=O) groups excluding carboxylic acids is 1. The number of aliphatic hydroxyl groups excluding tert-OH is 1. The Morgan fingerprint density at radius 2 is 2.05 bits per heavy atom. The summed E-state index contributed by atoms with van der Waals surface area (Å²) in [6, 6.07) is 0. The zero-order valence-corrected chi connectivity index (χ0v) is 13.6. The molecular formula is C16H29NO4. The molecule has 2 heterocycles. The van der Waals surface area contributed by atoms with E-state index in [1.165, 1.54) is 0 Å². The Labute approximate surface area is 127 Å². The Morgan fingerprint density at radius 3 is 2.62 bits per heavy atom. The van der Waals surface area contributed by atoms with E-state index in [1.807, 2.05) is 20.8 Å². The topological polar surface area (TPSA) is 59.0 Å². The first kappa shape index (κ1) is 16.6. The molecule has 0 spiro atoms. The van der Waals surface area contributed by atoms with Crippen LogP contribution in [0.15, 0.2) is 0 Å². The van der Waals surface area contributed by atoms with Gasteiger partial charge in [0.05, 0.1) is 12.1 Å². The zero-order valence-electron chi connectivity index (χ0n) is 13.6. The SMILES string of the molecule is CC(C)(C)OC(=O)N1CCCC1(CO)CC1CCOCC1. The summed E-state index contributed by atoms with van der Waals surface area (Å²) in [7, 11) is 0. The lowest BCUT2D eigenvalue weighted by Gasteiger charge is -2.40. The molecule has 5 heteroatoms. The number of nitrogens with zero attached hydrogens (tertiary/aromatic N) is 1. The Kier molecular flexibility index (Phi) is 5.15. The molecule has 2 rings (SSSR count). The molecule has 1 unspecified atom stereocenters. The quantitative estimate of drug-likeness (QED) is 0.870. The molecule has 2 aliphatic rings. The maximum absolute atomic E-state index is 12.4. The van der Waals surface area contributed by atoms with Gasteiger partial charge in [-0.2, -0.15) is 0 Å². The molecule has 1 N–H and O–H groups in total. The predicted octanol–water partition coefficient (Wildman–Crippen LogP) is 2.57. The van der Waals surface area contributed by atoms with Crippen molar-refractivity contribution in [2.24, 2.45) is 5.92 Å². The van der Waals surface area contributed by atoms with Crippen molar-refractivity contribution in [3.05, 3.63) is 0 Å². The number of hydrogen-bond donors (Lipinski definition) is 1. The summed E-state index contributed by atoms with van der Waals surface area (Å²) in [6.07, 6.45) is 4.39. The number of amides is 1. The molecule has 21 heavy (non-hydrogen) atoms. The van der Waals surface area contributed by atoms with E-state index >= 15 is 0 Å². The van der Waals surface area contributed by atoms with Crippen LogP contribution in [0.25, 0.3) is 0 Å². The highest BCUT2D eigenvalue weighted by molar-refractivity contribution is 5.69. The molecule has 0 aromatic carbocycles. The molecule has 2 fully saturated rings. The second kappa shape index (κ2) is 6.53. The van der Waals surface area contributed by atoms with Crippen molar-refractivity contribution in [3.63, 3.8) is 0 Å². The van der Waals surface area contributed by atoms with Crippen LogP contribution in [0.1, 0.15) is 52.9 Å². The van der Waals surface area contributed by atoms with Crippen molar-refractivity contribution in [1.82, 2.24) is 4.90 Å². The van der Waals surface area contributed by atoms with Crippen LogP contribution in [0.4, 0.5) is 4.79 Å². The minimum atomic E-state index is -0.500. The van der Waals surface area contributed by atoms with E-state index < -0.39 is 11.1 Å². The van der Waals surface area contributed by atoms with E-state index in [4.69, 9.17) is 9.47 Å². The fraction of sp³-hybridized carbons (Fsp3) is 0.938. The van der Waals surface area contributed by atoms with Crippen LogP contribution in [0.3, 0.4) is 0 Å². The van der Waals surface area contributed by atoms with Crippen molar-refractivity contribution in [2.45, 2.75) is 64.0 Å². The summed E-state index contributed by atoms with van der Waals surface area (Å²) in [5, 5.41) is 9.98. The van der Waals surface area contributed by atoms with E-state index in [2.05, 4.69) is 0 Å². The molecule has 5 nitrogen and oxygen atoms in total. The summed E-state index contributed by atoms with van der Waals surface area (Å²) < 4.78 is 10.9. The highest BCUT2D eigenvalue weighted by Gasteiger charge is 2.46. The van der Waals surface area contributed by atoms with Gasteiger partial charge in [-0.1, -0.05) is 0 Å². The van der Waals surface area contributed by atoms with Crippen molar-refractivity contribution in [2.75, 3.05) is 26.4 Å². The first-order chi connectivity index (χ1) is 9.86. The van der Waals surface area contributed by atoms with Crippen molar-refractivity contribution < 1.29 is 19.4 Å². The average Bonchev–Trinajstić information content (AvgIpc) is 2.82. The number of likely N-dealkylation sites (tertiary alicyclic amines) is 1. The smallest absolute Gasteiger partial charge is 0.410 e. The summed E-state index contributed by atoms with van der Waals surface area (Å²) in [5.74, 6) is 0.522. The molecule has 122 valence electrons. The second-order valence-electron chi connectivity index (χ2n) is 7.38. The third kappa shape index (κ3) is 4.10. The maximum atomic E-state index is 12.4. The van der Waals surface area contributed by atoms with Crippen LogP contribution >= 0.6 is 0 Å². The summed E-state index contributed by atoms with van der Waals surface area (Å²) >= 11 is 0. The van der Waals surface area contributed by atoms with Crippen LogP contribution < -0.4 is 0 Å². The Morgan fingerprint density at radius 1 is 1.38 bits per heavy atom. The van der Waals surface area contributed by atoms with Crippen LogP contribution in [-0.4, -0.2) is 53.6 Å². The number of ether oxygens (including phenoxy) is 2. The minimum absolute atomic E-state index is 0.0175. The number of aliphatic hydroxyl groups is 1. The zero-order chi connectivity index (χ0) is 15.5. The van der Waals surface area contributed by atoms with Gasteiger partial charge in [0.2, 0.25) is 0 Å². The largest absolute Gasteiger partial charge is 0.444 e. The highest BCUT2D eigenvalue weighted by atomic mass is 16.6. The van der Waals surface area contributed by atoms with Gasteiger partial charge in [-0.3, -0.25) is 0 Å². The molecule has 2 saturated heterocycles. The molecule has 0 bridgehead atoms. The van der Waals surface area contributed by atoms with E-state index in [9.17, 15) is 9.90 Å². The monoisotopic (exact) mass is 299 g/mol. The molecule has 0 aliphatic carbocycles.